The van der Waals surface area contributed by atoms with Crippen LogP contribution in [0.3, 0.4) is 0 Å². The molecule has 0 aromatic heterocycles. The molecule has 0 spiro atoms. The highest BCUT2D eigenvalue weighted by atomic mass is 35.5. The third-order valence-corrected chi connectivity index (χ3v) is 4.79. The molecule has 2 nitrogen and oxygen atoms in total. The highest BCUT2D eigenvalue weighted by Crippen LogP contribution is 2.30. The Balaban J connectivity index is 1.96. The molecule has 0 amide bonds. The molecule has 1 unspecified atom stereocenters. The molecule has 1 heterocycles. The van der Waals surface area contributed by atoms with Crippen LogP contribution in [0.25, 0.3) is 0 Å². The van der Waals surface area contributed by atoms with Gasteiger partial charge >= 0.3 is 0 Å². The van der Waals surface area contributed by atoms with Crippen LogP contribution in [0.1, 0.15) is 39.7 Å². The molecule has 1 fully saturated rings. The first kappa shape index (κ1) is 16.6. The smallest absolute Gasteiger partial charge is 0.0471 e. The standard InChI is InChI=1S/C18H29ClN2/c1-13(2)10-20-11-15-5-6-17(9-18(15)19)21-8-7-16(12-21)14(3)4/h5-6,9,13-14,16,20H,7-8,10-12H2,1-4H3. The van der Waals surface area contributed by atoms with Crippen LogP contribution >= 0.6 is 11.6 Å². The fraction of sp³-hybridized carbons (Fsp3) is 0.667. The molecule has 0 radical (unpaired) electrons. The molecule has 21 heavy (non-hydrogen) atoms. The van der Waals surface area contributed by atoms with Crippen molar-refractivity contribution in [3.05, 3.63) is 28.8 Å². The lowest BCUT2D eigenvalue weighted by Gasteiger charge is -2.21. The summed E-state index contributed by atoms with van der Waals surface area (Å²) < 4.78 is 0. The van der Waals surface area contributed by atoms with Gasteiger partial charge in [0.25, 0.3) is 0 Å². The molecule has 118 valence electrons. The van der Waals surface area contributed by atoms with E-state index in [4.69, 9.17) is 11.6 Å². The number of anilines is 1. The highest BCUT2D eigenvalue weighted by Gasteiger charge is 2.25. The van der Waals surface area contributed by atoms with Crippen LogP contribution in [0.2, 0.25) is 5.02 Å². The zero-order chi connectivity index (χ0) is 15.4. The van der Waals surface area contributed by atoms with E-state index < -0.39 is 0 Å². The van der Waals surface area contributed by atoms with Crippen molar-refractivity contribution in [2.24, 2.45) is 17.8 Å². The lowest BCUT2D eigenvalue weighted by atomic mass is 9.95. The minimum Gasteiger partial charge on any atom is -0.371 e. The van der Waals surface area contributed by atoms with Gasteiger partial charge in [-0.2, -0.15) is 0 Å². The summed E-state index contributed by atoms with van der Waals surface area (Å²) in [6.45, 7) is 13.3. The molecule has 0 bridgehead atoms. The molecule has 1 aromatic carbocycles. The largest absolute Gasteiger partial charge is 0.371 e. The van der Waals surface area contributed by atoms with Gasteiger partial charge < -0.3 is 10.2 Å². The molecule has 1 aromatic rings. The van der Waals surface area contributed by atoms with Crippen LogP contribution in [-0.4, -0.2) is 19.6 Å². The molecule has 0 aliphatic carbocycles. The Morgan fingerprint density at radius 1 is 1.29 bits per heavy atom. The second-order valence-corrected chi connectivity index (χ2v) is 7.45. The Morgan fingerprint density at radius 3 is 2.62 bits per heavy atom. The van der Waals surface area contributed by atoms with Crippen molar-refractivity contribution in [1.82, 2.24) is 5.32 Å². The molecular formula is C18H29ClN2. The molecule has 1 aliphatic rings. The van der Waals surface area contributed by atoms with E-state index in [1.54, 1.807) is 0 Å². The Hall–Kier alpha value is -0.730. The minimum atomic E-state index is 0.667. The van der Waals surface area contributed by atoms with Crippen molar-refractivity contribution >= 4 is 17.3 Å². The zero-order valence-corrected chi connectivity index (χ0v) is 14.6. The van der Waals surface area contributed by atoms with E-state index in [0.29, 0.717) is 5.92 Å². The number of hydrogen-bond donors (Lipinski definition) is 1. The van der Waals surface area contributed by atoms with E-state index >= 15 is 0 Å². The van der Waals surface area contributed by atoms with E-state index in [2.05, 4.69) is 56.1 Å². The lowest BCUT2D eigenvalue weighted by molar-refractivity contribution is 0.423. The van der Waals surface area contributed by atoms with Gasteiger partial charge in [0.05, 0.1) is 0 Å². The maximum Gasteiger partial charge on any atom is 0.0471 e. The number of rotatable bonds is 6. The lowest BCUT2D eigenvalue weighted by Crippen LogP contribution is -2.21. The Bertz CT molecular complexity index is 457. The molecule has 1 aliphatic heterocycles. The normalized spacial score (nSPS) is 19.0. The highest BCUT2D eigenvalue weighted by molar-refractivity contribution is 6.31. The fourth-order valence-electron chi connectivity index (χ4n) is 2.94. The molecule has 0 saturated carbocycles. The van der Waals surface area contributed by atoms with Crippen molar-refractivity contribution in [3.63, 3.8) is 0 Å². The van der Waals surface area contributed by atoms with Crippen LogP contribution in [0.4, 0.5) is 5.69 Å². The third kappa shape index (κ3) is 4.62. The van der Waals surface area contributed by atoms with Crippen molar-refractivity contribution in [2.75, 3.05) is 24.5 Å². The summed E-state index contributed by atoms with van der Waals surface area (Å²) in [5.41, 5.74) is 2.47. The van der Waals surface area contributed by atoms with E-state index in [1.807, 2.05) is 0 Å². The average molecular weight is 309 g/mol. The van der Waals surface area contributed by atoms with E-state index in [9.17, 15) is 0 Å². The average Bonchev–Trinajstić information content (AvgIpc) is 2.90. The third-order valence-electron chi connectivity index (χ3n) is 4.44. The van der Waals surface area contributed by atoms with Gasteiger partial charge in [-0.15, -0.1) is 0 Å². The van der Waals surface area contributed by atoms with Gasteiger partial charge in [-0.25, -0.2) is 0 Å². The summed E-state index contributed by atoms with van der Waals surface area (Å²) in [4.78, 5) is 2.47. The van der Waals surface area contributed by atoms with Crippen LogP contribution in [0.15, 0.2) is 18.2 Å². The van der Waals surface area contributed by atoms with Gasteiger partial charge in [-0.3, -0.25) is 0 Å². The SMILES string of the molecule is CC(C)CNCc1ccc(N2CCC(C(C)C)C2)cc1Cl. The molecule has 1 saturated heterocycles. The number of nitrogens with zero attached hydrogens (tertiary/aromatic N) is 1. The summed E-state index contributed by atoms with van der Waals surface area (Å²) in [5, 5.41) is 4.34. The molecule has 3 heteroatoms. The van der Waals surface area contributed by atoms with Crippen LogP contribution in [0, 0.1) is 17.8 Å². The van der Waals surface area contributed by atoms with Gasteiger partial charge in [0, 0.05) is 30.3 Å². The quantitative estimate of drug-likeness (QED) is 0.828. The number of halogens is 1. The molecule has 1 atom stereocenters. The van der Waals surface area contributed by atoms with E-state index in [-0.39, 0.29) is 0 Å². The molecule has 1 N–H and O–H groups in total. The van der Waals surface area contributed by atoms with Gasteiger partial charge in [-0.05, 0) is 48.4 Å². The second kappa shape index (κ2) is 7.51. The fourth-order valence-corrected chi connectivity index (χ4v) is 3.18. The van der Waals surface area contributed by atoms with E-state index in [0.717, 1.165) is 36.5 Å². The number of benzene rings is 1. The maximum atomic E-state index is 6.46. The Morgan fingerprint density at radius 2 is 2.05 bits per heavy atom. The zero-order valence-electron chi connectivity index (χ0n) is 13.8. The predicted molar refractivity (Wildman–Crippen MR) is 93.2 cm³/mol. The van der Waals surface area contributed by atoms with Crippen molar-refractivity contribution in [2.45, 2.75) is 40.7 Å². The van der Waals surface area contributed by atoms with Gasteiger partial charge in [-0.1, -0.05) is 45.4 Å². The Labute approximate surface area is 134 Å². The van der Waals surface area contributed by atoms with Gasteiger partial charge in [0.2, 0.25) is 0 Å². The summed E-state index contributed by atoms with van der Waals surface area (Å²) in [5.74, 6) is 2.25. The van der Waals surface area contributed by atoms with Crippen LogP contribution in [0.5, 0.6) is 0 Å². The summed E-state index contributed by atoms with van der Waals surface area (Å²) in [6, 6.07) is 6.53. The number of hydrogen-bond acceptors (Lipinski definition) is 2. The van der Waals surface area contributed by atoms with Crippen molar-refractivity contribution < 1.29 is 0 Å². The topological polar surface area (TPSA) is 15.3 Å². The summed E-state index contributed by atoms with van der Waals surface area (Å²) >= 11 is 6.46. The minimum absolute atomic E-state index is 0.667. The second-order valence-electron chi connectivity index (χ2n) is 7.04. The predicted octanol–water partition coefficient (Wildman–Crippen LogP) is 4.57. The van der Waals surface area contributed by atoms with Crippen molar-refractivity contribution in [1.29, 1.82) is 0 Å². The molecular weight excluding hydrogens is 280 g/mol. The molecule has 2 rings (SSSR count). The van der Waals surface area contributed by atoms with Gasteiger partial charge in [0.1, 0.15) is 0 Å². The first-order valence-electron chi connectivity index (χ1n) is 8.21. The summed E-state index contributed by atoms with van der Waals surface area (Å²) in [7, 11) is 0. The van der Waals surface area contributed by atoms with Crippen molar-refractivity contribution in [3.8, 4) is 0 Å². The van der Waals surface area contributed by atoms with Crippen LogP contribution < -0.4 is 10.2 Å². The number of nitrogens with one attached hydrogen (secondary N) is 1. The first-order valence-corrected chi connectivity index (χ1v) is 8.59. The van der Waals surface area contributed by atoms with Gasteiger partial charge in [0.15, 0.2) is 0 Å². The summed E-state index contributed by atoms with van der Waals surface area (Å²) in [6.07, 6.45) is 1.30. The monoisotopic (exact) mass is 308 g/mol. The van der Waals surface area contributed by atoms with Crippen LogP contribution in [-0.2, 0) is 6.54 Å². The maximum absolute atomic E-state index is 6.46. The Kier molecular flexibility index (Phi) is 5.95. The first-order chi connectivity index (χ1) is 9.97. The van der Waals surface area contributed by atoms with E-state index in [1.165, 1.54) is 24.2 Å².